The average molecular weight is 211 g/mol. The van der Waals surface area contributed by atoms with E-state index in [4.69, 9.17) is 5.73 Å². The lowest BCUT2D eigenvalue weighted by Crippen LogP contribution is -2.51. The number of hydrogen-bond acceptors (Lipinski definition) is 3. The molecular formula is C12H25N3. The summed E-state index contributed by atoms with van der Waals surface area (Å²) in [5.74, 6) is 0. The second-order valence-electron chi connectivity index (χ2n) is 5.49. The zero-order valence-corrected chi connectivity index (χ0v) is 10.2. The number of likely N-dealkylation sites (tertiary alicyclic amines) is 1. The van der Waals surface area contributed by atoms with Crippen LogP contribution in [-0.2, 0) is 0 Å². The maximum absolute atomic E-state index is 6.01. The Bertz CT molecular complexity index is 209. The maximum atomic E-state index is 6.01. The zero-order valence-electron chi connectivity index (χ0n) is 10.2. The predicted octanol–water partition coefficient (Wildman–Crippen LogP) is 0.894. The molecule has 1 heterocycles. The molecule has 0 spiro atoms. The van der Waals surface area contributed by atoms with E-state index in [2.05, 4.69) is 23.9 Å². The van der Waals surface area contributed by atoms with Gasteiger partial charge >= 0.3 is 0 Å². The molecule has 0 aromatic carbocycles. The molecule has 0 amide bonds. The van der Waals surface area contributed by atoms with Crippen molar-refractivity contribution in [2.24, 2.45) is 5.73 Å². The molecule has 3 nitrogen and oxygen atoms in total. The van der Waals surface area contributed by atoms with Crippen LogP contribution in [0, 0.1) is 0 Å². The lowest BCUT2D eigenvalue weighted by atomic mass is 9.96. The zero-order chi connectivity index (χ0) is 10.9. The van der Waals surface area contributed by atoms with Gasteiger partial charge in [-0.15, -0.1) is 0 Å². The Morgan fingerprint density at radius 2 is 2.00 bits per heavy atom. The summed E-state index contributed by atoms with van der Waals surface area (Å²) in [6.07, 6.45) is 6.71. The third kappa shape index (κ3) is 2.05. The van der Waals surface area contributed by atoms with Gasteiger partial charge in [0.2, 0.25) is 0 Å². The van der Waals surface area contributed by atoms with E-state index < -0.39 is 0 Å². The third-order valence-electron chi connectivity index (χ3n) is 4.48. The summed E-state index contributed by atoms with van der Waals surface area (Å²) in [7, 11) is 4.38. The Labute approximate surface area is 93.6 Å². The van der Waals surface area contributed by atoms with Crippen LogP contribution in [0.15, 0.2) is 0 Å². The van der Waals surface area contributed by atoms with Crippen LogP contribution in [0.3, 0.4) is 0 Å². The van der Waals surface area contributed by atoms with Crippen molar-refractivity contribution in [2.75, 3.05) is 33.7 Å². The topological polar surface area (TPSA) is 32.5 Å². The number of nitrogens with two attached hydrogens (primary N) is 1. The highest BCUT2D eigenvalue weighted by atomic mass is 15.3. The smallest absolute Gasteiger partial charge is 0.0332 e. The number of likely N-dealkylation sites (N-methyl/N-ethyl adjacent to an activating group) is 1. The van der Waals surface area contributed by atoms with Crippen molar-refractivity contribution in [3.05, 3.63) is 0 Å². The molecule has 15 heavy (non-hydrogen) atoms. The fourth-order valence-corrected chi connectivity index (χ4v) is 3.28. The molecule has 1 saturated carbocycles. The lowest BCUT2D eigenvalue weighted by Gasteiger charge is -2.38. The number of nitrogens with zero attached hydrogens (tertiary/aromatic N) is 2. The first-order valence-electron chi connectivity index (χ1n) is 6.29. The highest BCUT2D eigenvalue weighted by Crippen LogP contribution is 2.36. The van der Waals surface area contributed by atoms with E-state index in [9.17, 15) is 0 Å². The van der Waals surface area contributed by atoms with Gasteiger partial charge in [-0.1, -0.05) is 12.8 Å². The van der Waals surface area contributed by atoms with Crippen LogP contribution in [-0.4, -0.2) is 55.1 Å². The van der Waals surface area contributed by atoms with E-state index in [0.717, 1.165) is 12.6 Å². The minimum atomic E-state index is 0.366. The normalized spacial score (nSPS) is 31.6. The Balaban J connectivity index is 1.99. The summed E-state index contributed by atoms with van der Waals surface area (Å²) < 4.78 is 0. The summed E-state index contributed by atoms with van der Waals surface area (Å²) in [5, 5.41) is 0. The van der Waals surface area contributed by atoms with E-state index >= 15 is 0 Å². The fourth-order valence-electron chi connectivity index (χ4n) is 3.28. The summed E-state index contributed by atoms with van der Waals surface area (Å²) in [4.78, 5) is 5.03. The minimum Gasteiger partial charge on any atom is -0.329 e. The predicted molar refractivity (Wildman–Crippen MR) is 63.9 cm³/mol. The summed E-state index contributed by atoms with van der Waals surface area (Å²) in [6.45, 7) is 3.33. The second-order valence-corrected chi connectivity index (χ2v) is 5.49. The van der Waals surface area contributed by atoms with E-state index in [0.29, 0.717) is 5.54 Å². The monoisotopic (exact) mass is 211 g/mol. The van der Waals surface area contributed by atoms with Gasteiger partial charge in [-0.3, -0.25) is 4.90 Å². The molecule has 2 rings (SSSR count). The second kappa shape index (κ2) is 4.40. The quantitative estimate of drug-likeness (QED) is 0.752. The van der Waals surface area contributed by atoms with Crippen molar-refractivity contribution >= 4 is 0 Å². The molecule has 0 radical (unpaired) electrons. The molecule has 1 aliphatic heterocycles. The fraction of sp³-hybridized carbons (Fsp3) is 1.00. The van der Waals surface area contributed by atoms with Crippen molar-refractivity contribution < 1.29 is 0 Å². The molecular weight excluding hydrogens is 186 g/mol. The summed E-state index contributed by atoms with van der Waals surface area (Å²) in [6, 6.07) is 0.744. The van der Waals surface area contributed by atoms with Gasteiger partial charge in [-0.05, 0) is 33.4 Å². The van der Waals surface area contributed by atoms with Gasteiger partial charge in [0.1, 0.15) is 0 Å². The standard InChI is InChI=1S/C12H25N3/c1-14(2)11-5-8-15(9-11)12(10-13)6-3-4-7-12/h11H,3-10,13H2,1-2H3. The SMILES string of the molecule is CN(C)C1CCN(C2(CN)CCCC2)C1. The first-order chi connectivity index (χ1) is 7.18. The van der Waals surface area contributed by atoms with Gasteiger partial charge in [0.25, 0.3) is 0 Å². The van der Waals surface area contributed by atoms with Crippen LogP contribution in [0.5, 0.6) is 0 Å². The van der Waals surface area contributed by atoms with Crippen LogP contribution in [0.2, 0.25) is 0 Å². The first-order valence-corrected chi connectivity index (χ1v) is 6.29. The van der Waals surface area contributed by atoms with E-state index in [1.807, 2.05) is 0 Å². The molecule has 0 aromatic rings. The molecule has 0 bridgehead atoms. The highest BCUT2D eigenvalue weighted by Gasteiger charge is 2.41. The van der Waals surface area contributed by atoms with E-state index in [1.54, 1.807) is 0 Å². The number of rotatable bonds is 3. The van der Waals surface area contributed by atoms with Crippen molar-refractivity contribution in [2.45, 2.75) is 43.7 Å². The van der Waals surface area contributed by atoms with Crippen LogP contribution < -0.4 is 5.73 Å². The van der Waals surface area contributed by atoms with Crippen LogP contribution in [0.1, 0.15) is 32.1 Å². The first kappa shape index (κ1) is 11.4. The van der Waals surface area contributed by atoms with Gasteiger partial charge in [0.15, 0.2) is 0 Å². The van der Waals surface area contributed by atoms with Crippen molar-refractivity contribution in [3.63, 3.8) is 0 Å². The Hall–Kier alpha value is -0.120. The molecule has 3 heteroatoms. The Kier molecular flexibility index (Phi) is 3.33. The maximum Gasteiger partial charge on any atom is 0.0332 e. The minimum absolute atomic E-state index is 0.366. The van der Waals surface area contributed by atoms with Gasteiger partial charge in [0.05, 0.1) is 0 Å². The van der Waals surface area contributed by atoms with Crippen molar-refractivity contribution in [3.8, 4) is 0 Å². The lowest BCUT2D eigenvalue weighted by molar-refractivity contribution is 0.120. The van der Waals surface area contributed by atoms with Gasteiger partial charge in [-0.2, -0.15) is 0 Å². The molecule has 2 aliphatic rings. The molecule has 0 aromatic heterocycles. The van der Waals surface area contributed by atoms with Crippen LogP contribution >= 0.6 is 0 Å². The molecule has 2 N–H and O–H groups in total. The van der Waals surface area contributed by atoms with E-state index in [-0.39, 0.29) is 0 Å². The number of hydrogen-bond donors (Lipinski definition) is 1. The molecule has 1 saturated heterocycles. The van der Waals surface area contributed by atoms with Gasteiger partial charge in [0, 0.05) is 31.2 Å². The Morgan fingerprint density at radius 3 is 2.47 bits per heavy atom. The van der Waals surface area contributed by atoms with E-state index in [1.165, 1.54) is 45.2 Å². The van der Waals surface area contributed by atoms with Crippen LogP contribution in [0.25, 0.3) is 0 Å². The summed E-state index contributed by atoms with van der Waals surface area (Å²) in [5.41, 5.74) is 6.38. The Morgan fingerprint density at radius 1 is 1.33 bits per heavy atom. The van der Waals surface area contributed by atoms with Crippen molar-refractivity contribution in [1.29, 1.82) is 0 Å². The molecule has 1 unspecified atom stereocenters. The van der Waals surface area contributed by atoms with Gasteiger partial charge in [-0.25, -0.2) is 0 Å². The summed E-state index contributed by atoms with van der Waals surface area (Å²) >= 11 is 0. The highest BCUT2D eigenvalue weighted by molar-refractivity contribution is 4.99. The average Bonchev–Trinajstić information content (AvgIpc) is 2.87. The largest absolute Gasteiger partial charge is 0.329 e. The van der Waals surface area contributed by atoms with Crippen molar-refractivity contribution in [1.82, 2.24) is 9.80 Å². The molecule has 88 valence electrons. The van der Waals surface area contributed by atoms with Crippen LogP contribution in [0.4, 0.5) is 0 Å². The third-order valence-corrected chi connectivity index (χ3v) is 4.48. The van der Waals surface area contributed by atoms with Gasteiger partial charge < -0.3 is 10.6 Å². The molecule has 1 atom stereocenters. The molecule has 2 fully saturated rings. The molecule has 1 aliphatic carbocycles.